The first-order valence-corrected chi connectivity index (χ1v) is 7.02. The fourth-order valence-electron chi connectivity index (χ4n) is 1.83. The van der Waals surface area contributed by atoms with E-state index in [0.717, 1.165) is 0 Å². The summed E-state index contributed by atoms with van der Waals surface area (Å²) in [5, 5.41) is 0.219. The van der Waals surface area contributed by atoms with Crippen molar-refractivity contribution in [2.45, 2.75) is 12.8 Å². The zero-order valence-corrected chi connectivity index (χ0v) is 12.6. The highest BCUT2D eigenvalue weighted by Gasteiger charge is 2.11. The van der Waals surface area contributed by atoms with Gasteiger partial charge in [0.05, 0.1) is 0 Å². The van der Waals surface area contributed by atoms with Gasteiger partial charge in [0, 0.05) is 22.3 Å². The van der Waals surface area contributed by atoms with E-state index in [1.54, 1.807) is 6.07 Å². The van der Waals surface area contributed by atoms with Gasteiger partial charge in [0.1, 0.15) is 17.4 Å². The second-order valence-electron chi connectivity index (χ2n) is 4.36. The van der Waals surface area contributed by atoms with Crippen LogP contribution in [0, 0.1) is 11.6 Å². The highest BCUT2D eigenvalue weighted by Crippen LogP contribution is 2.21. The smallest absolute Gasteiger partial charge is 0.141 e. The van der Waals surface area contributed by atoms with Crippen molar-refractivity contribution in [1.29, 1.82) is 0 Å². The number of carbonyl (C=O) groups is 1. The maximum Gasteiger partial charge on any atom is 0.141 e. The quantitative estimate of drug-likeness (QED) is 0.771. The molecule has 0 unspecified atom stereocenters. The minimum absolute atomic E-state index is 0.0854. The van der Waals surface area contributed by atoms with Gasteiger partial charge in [-0.2, -0.15) is 0 Å². The Morgan fingerprint density at radius 3 is 2.30 bits per heavy atom. The summed E-state index contributed by atoms with van der Waals surface area (Å²) in [6.07, 6.45) is 0.175. The number of hydrogen-bond acceptors (Lipinski definition) is 1. The van der Waals surface area contributed by atoms with Crippen LogP contribution >= 0.6 is 27.5 Å². The Labute approximate surface area is 128 Å². The third kappa shape index (κ3) is 3.87. The van der Waals surface area contributed by atoms with Crippen molar-refractivity contribution >= 4 is 33.3 Å². The van der Waals surface area contributed by atoms with Gasteiger partial charge in [0.25, 0.3) is 0 Å². The van der Waals surface area contributed by atoms with E-state index in [1.807, 2.05) is 0 Å². The van der Waals surface area contributed by atoms with Gasteiger partial charge in [0.15, 0.2) is 0 Å². The molecule has 5 heteroatoms. The Bertz CT molecular complexity index is 658. The van der Waals surface area contributed by atoms with Crippen LogP contribution in [0.5, 0.6) is 0 Å². The van der Waals surface area contributed by atoms with Crippen molar-refractivity contribution in [3.63, 3.8) is 0 Å². The average molecular weight is 360 g/mol. The first-order valence-electron chi connectivity index (χ1n) is 5.85. The molecule has 0 aliphatic rings. The highest BCUT2D eigenvalue weighted by atomic mass is 79.9. The predicted molar refractivity (Wildman–Crippen MR) is 77.9 cm³/mol. The van der Waals surface area contributed by atoms with Gasteiger partial charge < -0.3 is 0 Å². The number of benzene rings is 2. The van der Waals surface area contributed by atoms with Crippen LogP contribution in [0.15, 0.2) is 40.9 Å². The van der Waals surface area contributed by atoms with Crippen molar-refractivity contribution in [1.82, 2.24) is 0 Å². The number of ketones is 1. The lowest BCUT2D eigenvalue weighted by Crippen LogP contribution is -2.08. The molecule has 2 aromatic rings. The summed E-state index contributed by atoms with van der Waals surface area (Å²) in [6.45, 7) is 0. The summed E-state index contributed by atoms with van der Waals surface area (Å²) < 4.78 is 26.7. The number of Topliss-reactive ketones (excluding diaryl/α,β-unsaturated/α-hetero) is 1. The maximum atomic E-state index is 13.1. The largest absolute Gasteiger partial charge is 0.299 e. The number of halogens is 4. The molecule has 0 fully saturated rings. The Hall–Kier alpha value is -1.26. The molecule has 0 amide bonds. The number of rotatable bonds is 4. The average Bonchev–Trinajstić information content (AvgIpc) is 2.37. The molecule has 0 spiro atoms. The Balaban J connectivity index is 2.11. The van der Waals surface area contributed by atoms with Gasteiger partial charge >= 0.3 is 0 Å². The van der Waals surface area contributed by atoms with Crippen LogP contribution < -0.4 is 0 Å². The first kappa shape index (κ1) is 15.1. The van der Waals surface area contributed by atoms with E-state index in [0.29, 0.717) is 15.6 Å². The lowest BCUT2D eigenvalue weighted by atomic mass is 10.0. The molecule has 0 N–H and O–H groups in total. The van der Waals surface area contributed by atoms with Gasteiger partial charge in [-0.1, -0.05) is 33.6 Å². The zero-order valence-electron chi connectivity index (χ0n) is 10.3. The molecular formula is C15H10BrClF2O. The Morgan fingerprint density at radius 1 is 1.00 bits per heavy atom. The molecule has 0 aliphatic carbocycles. The molecule has 0 saturated carbocycles. The second kappa shape index (κ2) is 6.46. The summed E-state index contributed by atoms with van der Waals surface area (Å²) in [6, 6.07) is 8.09. The summed E-state index contributed by atoms with van der Waals surface area (Å²) in [7, 11) is 0. The molecule has 20 heavy (non-hydrogen) atoms. The monoisotopic (exact) mass is 358 g/mol. The lowest BCUT2D eigenvalue weighted by molar-refractivity contribution is -0.117. The molecule has 0 radical (unpaired) electrons. The van der Waals surface area contributed by atoms with Crippen LogP contribution in [0.4, 0.5) is 8.78 Å². The van der Waals surface area contributed by atoms with E-state index in [2.05, 4.69) is 15.9 Å². The molecule has 1 nitrogen and oxygen atoms in total. The Morgan fingerprint density at radius 2 is 1.60 bits per heavy atom. The molecule has 0 aliphatic heterocycles. The van der Waals surface area contributed by atoms with Crippen molar-refractivity contribution in [2.75, 3.05) is 0 Å². The molecule has 104 valence electrons. The van der Waals surface area contributed by atoms with E-state index in [-0.39, 0.29) is 23.6 Å². The van der Waals surface area contributed by atoms with Crippen LogP contribution in [0.1, 0.15) is 11.1 Å². The van der Waals surface area contributed by atoms with Crippen molar-refractivity contribution in [3.05, 3.63) is 68.7 Å². The fraction of sp³-hybridized carbons (Fsp3) is 0.133. The van der Waals surface area contributed by atoms with E-state index in [1.165, 1.54) is 30.3 Å². The van der Waals surface area contributed by atoms with Gasteiger partial charge in [-0.3, -0.25) is 4.79 Å². The molecule has 0 heterocycles. The fourth-order valence-corrected chi connectivity index (χ4v) is 2.45. The number of carbonyl (C=O) groups excluding carboxylic acids is 1. The second-order valence-corrected chi connectivity index (χ2v) is 5.63. The van der Waals surface area contributed by atoms with E-state index in [9.17, 15) is 13.6 Å². The van der Waals surface area contributed by atoms with E-state index >= 15 is 0 Å². The van der Waals surface area contributed by atoms with Gasteiger partial charge in [-0.25, -0.2) is 8.78 Å². The molecular weight excluding hydrogens is 350 g/mol. The topological polar surface area (TPSA) is 17.1 Å². The standard InChI is InChI=1S/C15H10BrClF2O/c16-14-4-3-11(18)5-10(14)7-13(20)6-9-1-2-12(19)8-15(9)17/h1-5,8H,6-7H2. The highest BCUT2D eigenvalue weighted by molar-refractivity contribution is 9.10. The zero-order chi connectivity index (χ0) is 14.7. The van der Waals surface area contributed by atoms with Gasteiger partial charge in [0.2, 0.25) is 0 Å². The minimum Gasteiger partial charge on any atom is -0.299 e. The molecule has 2 rings (SSSR count). The predicted octanol–water partition coefficient (Wildman–Crippen LogP) is 4.74. The number of hydrogen-bond donors (Lipinski definition) is 0. The van der Waals surface area contributed by atoms with Crippen LogP contribution in [-0.4, -0.2) is 5.78 Å². The molecule has 2 aromatic carbocycles. The van der Waals surface area contributed by atoms with Gasteiger partial charge in [-0.05, 0) is 41.5 Å². The minimum atomic E-state index is -0.445. The summed E-state index contributed by atoms with van der Waals surface area (Å²) in [5.41, 5.74) is 1.14. The molecule has 0 saturated heterocycles. The van der Waals surface area contributed by atoms with E-state index in [4.69, 9.17) is 11.6 Å². The van der Waals surface area contributed by atoms with Crippen LogP contribution in [0.3, 0.4) is 0 Å². The van der Waals surface area contributed by atoms with Crippen molar-refractivity contribution < 1.29 is 13.6 Å². The molecule has 0 bridgehead atoms. The molecule has 0 atom stereocenters. The summed E-state index contributed by atoms with van der Waals surface area (Å²) >= 11 is 9.15. The summed E-state index contributed by atoms with van der Waals surface area (Å²) in [4.78, 5) is 12.0. The van der Waals surface area contributed by atoms with E-state index < -0.39 is 11.6 Å². The van der Waals surface area contributed by atoms with Crippen LogP contribution in [-0.2, 0) is 17.6 Å². The SMILES string of the molecule is O=C(Cc1ccc(F)cc1Cl)Cc1cc(F)ccc1Br. The third-order valence-electron chi connectivity index (χ3n) is 2.80. The first-order chi connectivity index (χ1) is 9.45. The normalized spacial score (nSPS) is 10.6. The third-order valence-corrected chi connectivity index (χ3v) is 3.92. The van der Waals surface area contributed by atoms with Gasteiger partial charge in [-0.15, -0.1) is 0 Å². The van der Waals surface area contributed by atoms with Crippen molar-refractivity contribution in [2.24, 2.45) is 0 Å². The molecule has 0 aromatic heterocycles. The maximum absolute atomic E-state index is 13.1. The summed E-state index contributed by atoms with van der Waals surface area (Å²) in [5.74, 6) is -0.959. The van der Waals surface area contributed by atoms with Crippen LogP contribution in [0.2, 0.25) is 5.02 Å². The van der Waals surface area contributed by atoms with Crippen LogP contribution in [0.25, 0.3) is 0 Å². The Kier molecular flexibility index (Phi) is 4.89. The lowest BCUT2D eigenvalue weighted by Gasteiger charge is -2.06. The van der Waals surface area contributed by atoms with Crippen molar-refractivity contribution in [3.8, 4) is 0 Å².